The van der Waals surface area contributed by atoms with Crippen LogP contribution in [-0.2, 0) is 17.3 Å². The number of fused-ring (bicyclic) bond motifs is 2. The van der Waals surface area contributed by atoms with Crippen molar-refractivity contribution in [2.45, 2.75) is 37.8 Å². The van der Waals surface area contributed by atoms with Crippen LogP contribution >= 0.6 is 0 Å². The van der Waals surface area contributed by atoms with E-state index in [1.165, 1.54) is 80.0 Å². The number of hydrogen-bond acceptors (Lipinski definition) is 8. The predicted molar refractivity (Wildman–Crippen MR) is 146 cm³/mol. The summed E-state index contributed by atoms with van der Waals surface area (Å²) in [5.41, 5.74) is -0.423. The van der Waals surface area contributed by atoms with E-state index in [1.54, 1.807) is 0 Å². The molecule has 15 heteroatoms. The van der Waals surface area contributed by atoms with Crippen molar-refractivity contribution in [1.29, 1.82) is 0 Å². The summed E-state index contributed by atoms with van der Waals surface area (Å²) in [5.74, 6) is -1.55. The average Bonchev–Trinajstić information content (AvgIpc) is 3.57. The van der Waals surface area contributed by atoms with Crippen molar-refractivity contribution in [3.8, 4) is 22.9 Å². The summed E-state index contributed by atoms with van der Waals surface area (Å²) < 4.78 is 90.3. The fourth-order valence-electron chi connectivity index (χ4n) is 5.29. The van der Waals surface area contributed by atoms with Crippen molar-refractivity contribution < 1.29 is 50.5 Å². The number of halogens is 5. The predicted octanol–water partition coefficient (Wildman–Crippen LogP) is 6.13. The first-order chi connectivity index (χ1) is 21.3. The lowest BCUT2D eigenvalue weighted by atomic mass is 9.92. The van der Waals surface area contributed by atoms with Crippen molar-refractivity contribution in [1.82, 2.24) is 14.8 Å². The highest BCUT2D eigenvalue weighted by molar-refractivity contribution is 6.06. The SMILES string of the molecule is COC(=O)c1cncc(OC2CCCc3c(C(F)(F)F)nn(-c4cccc(C(=O)N(C)c5ccc6c(c5)OC(F)(F)O6)c4)c32)c1. The number of benzene rings is 2. The second-order valence-electron chi connectivity index (χ2n) is 10.2. The number of anilines is 1. The van der Waals surface area contributed by atoms with E-state index in [0.29, 0.717) is 12.8 Å². The molecule has 234 valence electrons. The van der Waals surface area contributed by atoms with E-state index in [9.17, 15) is 31.5 Å². The van der Waals surface area contributed by atoms with Crippen LogP contribution in [0.1, 0.15) is 56.6 Å². The van der Waals surface area contributed by atoms with Gasteiger partial charge in [-0.2, -0.15) is 18.3 Å². The second kappa shape index (κ2) is 11.1. The molecule has 45 heavy (non-hydrogen) atoms. The van der Waals surface area contributed by atoms with E-state index in [4.69, 9.17) is 9.47 Å². The Morgan fingerprint density at radius 1 is 1.04 bits per heavy atom. The summed E-state index contributed by atoms with van der Waals surface area (Å²) in [5, 5.41) is 3.94. The summed E-state index contributed by atoms with van der Waals surface area (Å²) in [7, 11) is 2.61. The number of nitrogens with zero attached hydrogens (tertiary/aromatic N) is 4. The van der Waals surface area contributed by atoms with Crippen LogP contribution in [0.3, 0.4) is 0 Å². The number of carbonyl (C=O) groups is 2. The monoisotopic (exact) mass is 630 g/mol. The molecule has 3 heterocycles. The van der Waals surface area contributed by atoms with Gasteiger partial charge in [0.15, 0.2) is 17.2 Å². The third-order valence-electron chi connectivity index (χ3n) is 7.32. The highest BCUT2D eigenvalue weighted by Gasteiger charge is 2.44. The molecule has 1 amide bonds. The minimum Gasteiger partial charge on any atom is -0.482 e. The van der Waals surface area contributed by atoms with Gasteiger partial charge in [0.25, 0.3) is 5.91 Å². The summed E-state index contributed by atoms with van der Waals surface area (Å²) in [6.07, 6.45) is -6.10. The number of alkyl halides is 5. The number of ether oxygens (including phenoxy) is 4. The first-order valence-corrected chi connectivity index (χ1v) is 13.5. The molecule has 0 N–H and O–H groups in total. The lowest BCUT2D eigenvalue weighted by Gasteiger charge is -2.26. The maximum Gasteiger partial charge on any atom is 0.586 e. The van der Waals surface area contributed by atoms with Crippen molar-refractivity contribution in [3.05, 3.63) is 89.0 Å². The molecule has 6 rings (SSSR count). The Balaban J connectivity index is 1.35. The van der Waals surface area contributed by atoms with Crippen LogP contribution in [0.15, 0.2) is 60.9 Å². The van der Waals surface area contributed by atoms with Gasteiger partial charge in [-0.15, -0.1) is 8.78 Å². The van der Waals surface area contributed by atoms with Crippen molar-refractivity contribution >= 4 is 17.6 Å². The number of rotatable bonds is 6. The second-order valence-corrected chi connectivity index (χ2v) is 10.2. The molecule has 1 unspecified atom stereocenters. The van der Waals surface area contributed by atoms with Gasteiger partial charge in [-0.3, -0.25) is 9.78 Å². The number of hydrogen-bond donors (Lipinski definition) is 0. The van der Waals surface area contributed by atoms with E-state index >= 15 is 0 Å². The highest BCUT2D eigenvalue weighted by Crippen LogP contribution is 2.44. The molecule has 0 saturated heterocycles. The lowest BCUT2D eigenvalue weighted by molar-refractivity contribution is -0.286. The Labute approximate surface area is 251 Å². The number of esters is 1. The Kier molecular flexibility index (Phi) is 7.33. The first-order valence-electron chi connectivity index (χ1n) is 13.5. The molecule has 0 radical (unpaired) electrons. The number of amides is 1. The zero-order valence-electron chi connectivity index (χ0n) is 23.6. The molecule has 4 aromatic rings. The van der Waals surface area contributed by atoms with Crippen LogP contribution in [0.5, 0.6) is 17.2 Å². The van der Waals surface area contributed by atoms with Gasteiger partial charge in [-0.25, -0.2) is 9.48 Å². The molecule has 0 fully saturated rings. The van der Waals surface area contributed by atoms with E-state index in [2.05, 4.69) is 19.6 Å². The zero-order chi connectivity index (χ0) is 32.1. The standard InChI is InChI=1S/C30H23F5N4O6/c1-38(18-9-10-22-24(13-18)45-30(34,35)44-22)27(40)16-5-3-6-19(11-16)39-25-21(26(37-39)29(31,32)33)7-4-8-23(25)43-20-12-17(14-36-15-20)28(41)42-2/h3,5-6,9-15,23H,4,7-8H2,1-2H3. The van der Waals surface area contributed by atoms with E-state index in [0.717, 1.165) is 4.68 Å². The number of methoxy groups -OCH3 is 1. The molecule has 1 aliphatic heterocycles. The van der Waals surface area contributed by atoms with Gasteiger partial charge in [0, 0.05) is 36.1 Å². The topological polar surface area (TPSA) is 105 Å². The maximum absolute atomic E-state index is 14.2. The van der Waals surface area contributed by atoms with Gasteiger partial charge < -0.3 is 23.8 Å². The van der Waals surface area contributed by atoms with Crippen LogP contribution in [0.25, 0.3) is 5.69 Å². The summed E-state index contributed by atoms with van der Waals surface area (Å²) >= 11 is 0. The van der Waals surface area contributed by atoms with E-state index in [1.807, 2.05) is 0 Å². The molecule has 1 aliphatic carbocycles. The molecule has 0 saturated carbocycles. The van der Waals surface area contributed by atoms with Crippen LogP contribution in [-0.4, -0.2) is 47.1 Å². The normalized spacial score (nSPS) is 16.6. The molecule has 0 bridgehead atoms. The highest BCUT2D eigenvalue weighted by atomic mass is 19.4. The number of carbonyl (C=O) groups excluding carboxylic acids is 2. The molecule has 2 aromatic heterocycles. The summed E-state index contributed by atoms with van der Waals surface area (Å²) in [4.78, 5) is 30.6. The van der Waals surface area contributed by atoms with Crippen LogP contribution < -0.4 is 19.1 Å². The van der Waals surface area contributed by atoms with Gasteiger partial charge in [0.05, 0.1) is 30.3 Å². The molecule has 0 spiro atoms. The van der Waals surface area contributed by atoms with E-state index < -0.39 is 36.1 Å². The van der Waals surface area contributed by atoms with Crippen LogP contribution in [0.4, 0.5) is 27.6 Å². The van der Waals surface area contributed by atoms with Gasteiger partial charge in [0.2, 0.25) is 0 Å². The maximum atomic E-state index is 14.2. The van der Waals surface area contributed by atoms with Gasteiger partial charge in [-0.1, -0.05) is 6.07 Å². The summed E-state index contributed by atoms with van der Waals surface area (Å²) in [6, 6.07) is 11.0. The Hall–Kier alpha value is -5.21. The van der Waals surface area contributed by atoms with Crippen molar-refractivity contribution in [3.63, 3.8) is 0 Å². The minimum atomic E-state index is -4.77. The largest absolute Gasteiger partial charge is 0.586 e. The van der Waals surface area contributed by atoms with E-state index in [-0.39, 0.29) is 57.4 Å². The van der Waals surface area contributed by atoms with Gasteiger partial charge >= 0.3 is 18.4 Å². The smallest absolute Gasteiger partial charge is 0.482 e. The number of aromatic nitrogens is 3. The molecular formula is C30H23F5N4O6. The van der Waals surface area contributed by atoms with Gasteiger partial charge in [0.1, 0.15) is 11.9 Å². The molecule has 10 nitrogen and oxygen atoms in total. The fraction of sp³-hybridized carbons (Fsp3) is 0.267. The molecule has 2 aromatic carbocycles. The average molecular weight is 631 g/mol. The number of pyridine rings is 1. The van der Waals surface area contributed by atoms with Crippen LogP contribution in [0.2, 0.25) is 0 Å². The first kappa shape index (κ1) is 29.8. The molecule has 2 aliphatic rings. The fourth-order valence-corrected chi connectivity index (χ4v) is 5.29. The quantitative estimate of drug-likeness (QED) is 0.185. The third-order valence-corrected chi connectivity index (χ3v) is 7.32. The van der Waals surface area contributed by atoms with Gasteiger partial charge in [-0.05, 0) is 55.7 Å². The van der Waals surface area contributed by atoms with Crippen molar-refractivity contribution in [2.24, 2.45) is 0 Å². The third kappa shape index (κ3) is 5.72. The lowest BCUT2D eigenvalue weighted by Crippen LogP contribution is -2.26. The molecule has 1 atom stereocenters. The Morgan fingerprint density at radius 3 is 2.58 bits per heavy atom. The van der Waals surface area contributed by atoms with Crippen LogP contribution in [0, 0.1) is 0 Å². The van der Waals surface area contributed by atoms with Crippen molar-refractivity contribution in [2.75, 3.05) is 19.1 Å². The summed E-state index contributed by atoms with van der Waals surface area (Å²) in [6.45, 7) is 0. The minimum absolute atomic E-state index is 0.0400. The Morgan fingerprint density at radius 2 is 1.82 bits per heavy atom. The zero-order valence-corrected chi connectivity index (χ0v) is 23.6. The Bertz CT molecular complexity index is 1810. The molecular weight excluding hydrogens is 607 g/mol.